The monoisotopic (exact) mass is 254 g/mol. The summed E-state index contributed by atoms with van der Waals surface area (Å²) in [6, 6.07) is 0. The van der Waals surface area contributed by atoms with Gasteiger partial charge in [-0.05, 0) is 52.4 Å². The summed E-state index contributed by atoms with van der Waals surface area (Å²) < 4.78 is 0. The number of Topliss-reactive ketones (excluding diaryl/α,β-unsaturated/α-hetero) is 1. The number of hydrogen-bond acceptors (Lipinski definition) is 3. The minimum Gasteiger partial charge on any atom is -0.390 e. The first-order valence-corrected chi connectivity index (χ1v) is 7.05. The molecule has 0 spiro atoms. The predicted octanol–water partition coefficient (Wildman–Crippen LogP) is 2.29. The van der Waals surface area contributed by atoms with Crippen LogP contribution in [0.15, 0.2) is 0 Å². The van der Waals surface area contributed by atoms with E-state index >= 15 is 0 Å². The zero-order chi connectivity index (χ0) is 13.8. The second-order valence-electron chi connectivity index (χ2n) is 7.38. The lowest BCUT2D eigenvalue weighted by molar-refractivity contribution is -0.167. The third-order valence-electron chi connectivity index (χ3n) is 5.55. The summed E-state index contributed by atoms with van der Waals surface area (Å²) in [6.45, 7) is 7.53. The molecule has 0 aliphatic heterocycles. The minimum absolute atomic E-state index is 0.0172. The number of aliphatic hydroxyl groups is 2. The van der Waals surface area contributed by atoms with Crippen molar-refractivity contribution < 1.29 is 15.0 Å². The maximum Gasteiger partial charge on any atom is 0.139 e. The fraction of sp³-hybridized carbons (Fsp3) is 0.933. The number of carbonyl (C=O) groups is 1. The summed E-state index contributed by atoms with van der Waals surface area (Å²) in [4.78, 5) is 12.2. The summed E-state index contributed by atoms with van der Waals surface area (Å²) in [5.41, 5.74) is -1.88. The van der Waals surface area contributed by atoms with Gasteiger partial charge < -0.3 is 10.2 Å². The van der Waals surface area contributed by atoms with Crippen LogP contribution in [-0.4, -0.2) is 27.2 Å². The van der Waals surface area contributed by atoms with Crippen LogP contribution < -0.4 is 0 Å². The highest BCUT2D eigenvalue weighted by Crippen LogP contribution is 2.55. The number of rotatable bonds is 1. The Morgan fingerprint density at radius 3 is 2.44 bits per heavy atom. The van der Waals surface area contributed by atoms with Gasteiger partial charge in [-0.3, -0.25) is 4.79 Å². The van der Waals surface area contributed by atoms with Gasteiger partial charge in [0, 0.05) is 17.8 Å². The number of hydrogen-bond donors (Lipinski definition) is 2. The van der Waals surface area contributed by atoms with Gasteiger partial charge in [0.15, 0.2) is 0 Å². The molecular formula is C15H26O3. The molecule has 3 heteroatoms. The van der Waals surface area contributed by atoms with Crippen molar-refractivity contribution in [2.24, 2.45) is 17.3 Å². The summed E-state index contributed by atoms with van der Waals surface area (Å²) >= 11 is 0. The summed E-state index contributed by atoms with van der Waals surface area (Å²) in [5, 5.41) is 20.8. The van der Waals surface area contributed by atoms with Crippen molar-refractivity contribution in [3.05, 3.63) is 0 Å². The molecule has 0 aromatic heterocycles. The minimum atomic E-state index is -0.771. The molecule has 104 valence electrons. The maximum atomic E-state index is 12.2. The first kappa shape index (κ1) is 14.0. The van der Waals surface area contributed by atoms with Gasteiger partial charge in [0.2, 0.25) is 0 Å². The molecule has 2 N–H and O–H groups in total. The zero-order valence-electron chi connectivity index (χ0n) is 12.0. The molecule has 0 saturated heterocycles. The lowest BCUT2D eigenvalue weighted by Crippen LogP contribution is -2.57. The Labute approximate surface area is 110 Å². The summed E-state index contributed by atoms with van der Waals surface area (Å²) in [7, 11) is 0. The summed E-state index contributed by atoms with van der Waals surface area (Å²) in [5.74, 6) is 0.456. The molecule has 0 unspecified atom stereocenters. The molecule has 0 aromatic rings. The topological polar surface area (TPSA) is 57.5 Å². The van der Waals surface area contributed by atoms with Crippen molar-refractivity contribution in [3.8, 4) is 0 Å². The molecule has 0 radical (unpaired) electrons. The van der Waals surface area contributed by atoms with Crippen LogP contribution in [0.5, 0.6) is 0 Å². The van der Waals surface area contributed by atoms with E-state index in [0.29, 0.717) is 18.6 Å². The van der Waals surface area contributed by atoms with Gasteiger partial charge in [0.1, 0.15) is 5.78 Å². The van der Waals surface area contributed by atoms with E-state index in [-0.39, 0.29) is 17.3 Å². The molecule has 0 amide bonds. The number of fused-ring (bicyclic) bond motifs is 1. The van der Waals surface area contributed by atoms with Crippen LogP contribution in [0.2, 0.25) is 0 Å². The average Bonchev–Trinajstić information content (AvgIpc) is 2.23. The molecule has 0 bridgehead atoms. The third-order valence-corrected chi connectivity index (χ3v) is 5.55. The van der Waals surface area contributed by atoms with Crippen molar-refractivity contribution >= 4 is 5.78 Å². The second kappa shape index (κ2) is 4.04. The van der Waals surface area contributed by atoms with Crippen LogP contribution in [0.4, 0.5) is 0 Å². The van der Waals surface area contributed by atoms with Crippen molar-refractivity contribution in [1.82, 2.24) is 0 Å². The smallest absolute Gasteiger partial charge is 0.139 e. The average molecular weight is 254 g/mol. The predicted molar refractivity (Wildman–Crippen MR) is 70.1 cm³/mol. The van der Waals surface area contributed by atoms with Crippen molar-refractivity contribution in [3.63, 3.8) is 0 Å². The largest absolute Gasteiger partial charge is 0.390 e. The number of ketones is 1. The van der Waals surface area contributed by atoms with Crippen LogP contribution in [0.1, 0.15) is 59.8 Å². The molecule has 2 saturated carbocycles. The molecule has 2 aliphatic rings. The Morgan fingerprint density at radius 1 is 1.28 bits per heavy atom. The molecule has 2 rings (SSSR count). The van der Waals surface area contributed by atoms with E-state index in [1.807, 2.05) is 27.7 Å². The van der Waals surface area contributed by atoms with E-state index in [0.717, 1.165) is 19.3 Å². The zero-order valence-corrected chi connectivity index (χ0v) is 12.0. The lowest BCUT2D eigenvalue weighted by Gasteiger charge is -2.54. The Bertz CT molecular complexity index is 353. The SMILES string of the molecule is CC(C)(O)[C@@H]1CC[C@@]2(C)C(=O)CC[C@@](C)(O)[C@@H]2C1. The van der Waals surface area contributed by atoms with E-state index in [2.05, 4.69) is 0 Å². The molecule has 0 heterocycles. The van der Waals surface area contributed by atoms with E-state index in [1.54, 1.807) is 0 Å². The maximum absolute atomic E-state index is 12.2. The fourth-order valence-electron chi connectivity index (χ4n) is 4.05. The second-order valence-corrected chi connectivity index (χ2v) is 7.38. The van der Waals surface area contributed by atoms with Gasteiger partial charge in [0.25, 0.3) is 0 Å². The highest BCUT2D eigenvalue weighted by molar-refractivity contribution is 5.86. The van der Waals surface area contributed by atoms with E-state index in [9.17, 15) is 15.0 Å². The van der Waals surface area contributed by atoms with Crippen molar-refractivity contribution in [2.75, 3.05) is 0 Å². The van der Waals surface area contributed by atoms with Crippen LogP contribution in [0.3, 0.4) is 0 Å². The van der Waals surface area contributed by atoms with E-state index in [1.165, 1.54) is 0 Å². The summed E-state index contributed by atoms with van der Waals surface area (Å²) in [6.07, 6.45) is 3.47. The van der Waals surface area contributed by atoms with Crippen LogP contribution in [-0.2, 0) is 4.79 Å². The highest BCUT2D eigenvalue weighted by Gasteiger charge is 2.56. The Balaban J connectivity index is 2.29. The van der Waals surface area contributed by atoms with E-state index < -0.39 is 11.2 Å². The van der Waals surface area contributed by atoms with Gasteiger partial charge >= 0.3 is 0 Å². The Kier molecular flexibility index (Phi) is 3.14. The quantitative estimate of drug-likeness (QED) is 0.755. The van der Waals surface area contributed by atoms with E-state index in [4.69, 9.17) is 0 Å². The fourth-order valence-corrected chi connectivity index (χ4v) is 4.05. The number of carbonyl (C=O) groups excluding carboxylic acids is 1. The molecular weight excluding hydrogens is 228 g/mol. The first-order valence-electron chi connectivity index (χ1n) is 7.05. The van der Waals surface area contributed by atoms with Gasteiger partial charge in [-0.25, -0.2) is 0 Å². The normalized spacial score (nSPS) is 45.8. The first-order chi connectivity index (χ1) is 8.07. The molecule has 3 nitrogen and oxygen atoms in total. The van der Waals surface area contributed by atoms with Crippen LogP contribution in [0.25, 0.3) is 0 Å². The van der Waals surface area contributed by atoms with Gasteiger partial charge in [0.05, 0.1) is 11.2 Å². The molecule has 2 fully saturated rings. The molecule has 4 atom stereocenters. The van der Waals surface area contributed by atoms with Crippen LogP contribution in [0, 0.1) is 17.3 Å². The van der Waals surface area contributed by atoms with Crippen molar-refractivity contribution in [1.29, 1.82) is 0 Å². The van der Waals surface area contributed by atoms with Gasteiger partial charge in [-0.1, -0.05) is 6.92 Å². The van der Waals surface area contributed by atoms with Gasteiger partial charge in [-0.2, -0.15) is 0 Å². The third kappa shape index (κ3) is 2.12. The molecule has 18 heavy (non-hydrogen) atoms. The van der Waals surface area contributed by atoms with Crippen molar-refractivity contribution in [2.45, 2.75) is 71.0 Å². The lowest BCUT2D eigenvalue weighted by atomic mass is 9.52. The standard InChI is InChI=1S/C15H26O3/c1-13(2,17)10-5-7-14(3)11(9-10)15(4,18)8-6-12(14)16/h10-11,17-18H,5-9H2,1-4H3/t10-,11-,14-,15-/m1/s1. The molecule has 0 aromatic carbocycles. The Hall–Kier alpha value is -0.410. The van der Waals surface area contributed by atoms with Gasteiger partial charge in [-0.15, -0.1) is 0 Å². The highest BCUT2D eigenvalue weighted by atomic mass is 16.3. The molecule has 2 aliphatic carbocycles. The Morgan fingerprint density at radius 2 is 1.89 bits per heavy atom. The van der Waals surface area contributed by atoms with Crippen LogP contribution >= 0.6 is 0 Å².